The van der Waals surface area contributed by atoms with Crippen LogP contribution >= 0.6 is 0 Å². The molecule has 0 spiro atoms. The Hall–Kier alpha value is -2.12. The number of nitrogens with zero attached hydrogens (tertiary/aromatic N) is 3. The van der Waals surface area contributed by atoms with Gasteiger partial charge in [0.05, 0.1) is 17.1 Å². The lowest BCUT2D eigenvalue weighted by Crippen LogP contribution is -2.31. The molecular weight excluding hydrogens is 260 g/mol. The summed E-state index contributed by atoms with van der Waals surface area (Å²) in [5, 5.41) is 13.5. The number of para-hydroxylation sites is 1. The van der Waals surface area contributed by atoms with Crippen molar-refractivity contribution in [2.24, 2.45) is 0 Å². The van der Waals surface area contributed by atoms with Gasteiger partial charge in [0.2, 0.25) is 0 Å². The highest BCUT2D eigenvalue weighted by atomic mass is 15.2. The minimum Gasteiger partial charge on any atom is -0.369 e. The van der Waals surface area contributed by atoms with Gasteiger partial charge in [0.15, 0.2) is 0 Å². The third-order valence-electron chi connectivity index (χ3n) is 4.01. The van der Waals surface area contributed by atoms with E-state index in [9.17, 15) is 5.26 Å². The van der Waals surface area contributed by atoms with Crippen molar-refractivity contribution in [2.45, 2.75) is 25.8 Å². The standard InChI is InChI=1S/C17H20N4/c1-2-21(14-7-8-14)10-9-19-17-11-13(12-18)15-5-3-4-6-16(15)20-17/h3-6,11,14H,2,7-10H2,1H3,(H,19,20). The summed E-state index contributed by atoms with van der Waals surface area (Å²) in [5.74, 6) is 0.789. The minimum absolute atomic E-state index is 0.678. The number of pyridine rings is 1. The van der Waals surface area contributed by atoms with E-state index >= 15 is 0 Å². The van der Waals surface area contributed by atoms with Gasteiger partial charge in [-0.3, -0.25) is 4.90 Å². The van der Waals surface area contributed by atoms with E-state index in [4.69, 9.17) is 0 Å². The SMILES string of the molecule is CCN(CCNc1cc(C#N)c2ccccc2n1)C1CC1. The molecule has 4 heteroatoms. The summed E-state index contributed by atoms with van der Waals surface area (Å²) >= 11 is 0. The fraction of sp³-hybridized carbons (Fsp3) is 0.412. The third-order valence-corrected chi connectivity index (χ3v) is 4.01. The van der Waals surface area contributed by atoms with Gasteiger partial charge in [0, 0.05) is 24.5 Å². The van der Waals surface area contributed by atoms with Crippen molar-refractivity contribution in [3.05, 3.63) is 35.9 Å². The van der Waals surface area contributed by atoms with Gasteiger partial charge in [-0.25, -0.2) is 4.98 Å². The molecule has 3 rings (SSSR count). The number of nitriles is 1. The number of benzene rings is 1. The van der Waals surface area contributed by atoms with Crippen LogP contribution in [0.15, 0.2) is 30.3 Å². The van der Waals surface area contributed by atoms with Crippen LogP contribution in [0, 0.1) is 11.3 Å². The molecule has 1 aliphatic carbocycles. The molecule has 1 fully saturated rings. The van der Waals surface area contributed by atoms with Gasteiger partial charge in [-0.1, -0.05) is 25.1 Å². The molecule has 0 atom stereocenters. The van der Waals surface area contributed by atoms with Crippen molar-refractivity contribution in [3.63, 3.8) is 0 Å². The van der Waals surface area contributed by atoms with E-state index in [1.807, 2.05) is 30.3 Å². The number of likely N-dealkylation sites (N-methyl/N-ethyl adjacent to an activating group) is 1. The first-order chi connectivity index (χ1) is 10.3. The molecule has 0 amide bonds. The highest BCUT2D eigenvalue weighted by molar-refractivity contribution is 5.86. The van der Waals surface area contributed by atoms with Crippen LogP contribution in [-0.4, -0.2) is 35.6 Å². The summed E-state index contributed by atoms with van der Waals surface area (Å²) in [6, 6.07) is 12.7. The molecule has 0 bridgehead atoms. The summed E-state index contributed by atoms with van der Waals surface area (Å²) in [7, 11) is 0. The molecule has 4 nitrogen and oxygen atoms in total. The lowest BCUT2D eigenvalue weighted by molar-refractivity contribution is 0.289. The van der Waals surface area contributed by atoms with Crippen molar-refractivity contribution in [3.8, 4) is 6.07 Å². The second-order valence-corrected chi connectivity index (χ2v) is 5.47. The fourth-order valence-corrected chi connectivity index (χ4v) is 2.72. The van der Waals surface area contributed by atoms with Gasteiger partial charge in [-0.05, 0) is 31.5 Å². The van der Waals surface area contributed by atoms with Gasteiger partial charge < -0.3 is 5.32 Å². The van der Waals surface area contributed by atoms with Crippen LogP contribution in [-0.2, 0) is 0 Å². The zero-order valence-electron chi connectivity index (χ0n) is 12.3. The largest absolute Gasteiger partial charge is 0.369 e. The van der Waals surface area contributed by atoms with Crippen LogP contribution in [0.2, 0.25) is 0 Å². The second-order valence-electron chi connectivity index (χ2n) is 5.47. The lowest BCUT2D eigenvalue weighted by atomic mass is 10.1. The molecule has 108 valence electrons. The van der Waals surface area contributed by atoms with E-state index in [-0.39, 0.29) is 0 Å². The quantitative estimate of drug-likeness (QED) is 0.883. The Labute approximate surface area is 125 Å². The summed E-state index contributed by atoms with van der Waals surface area (Å²) < 4.78 is 0. The lowest BCUT2D eigenvalue weighted by Gasteiger charge is -2.20. The molecular formula is C17H20N4. The minimum atomic E-state index is 0.678. The zero-order chi connectivity index (χ0) is 14.7. The van der Waals surface area contributed by atoms with E-state index in [2.05, 4.69) is 28.2 Å². The molecule has 0 radical (unpaired) electrons. The second kappa shape index (κ2) is 6.11. The van der Waals surface area contributed by atoms with Crippen molar-refractivity contribution in [1.82, 2.24) is 9.88 Å². The number of hydrogen-bond acceptors (Lipinski definition) is 4. The highest BCUT2D eigenvalue weighted by Crippen LogP contribution is 2.26. The summed E-state index contributed by atoms with van der Waals surface area (Å²) in [5.41, 5.74) is 1.55. The number of fused-ring (bicyclic) bond motifs is 1. The predicted octanol–water partition coefficient (Wildman–Crippen LogP) is 3.00. The Kier molecular flexibility index (Phi) is 4.03. The van der Waals surface area contributed by atoms with Crippen molar-refractivity contribution in [2.75, 3.05) is 25.0 Å². The van der Waals surface area contributed by atoms with Crippen LogP contribution in [0.4, 0.5) is 5.82 Å². The normalized spacial score (nSPS) is 14.3. The van der Waals surface area contributed by atoms with Gasteiger partial charge >= 0.3 is 0 Å². The maximum absolute atomic E-state index is 9.28. The molecule has 0 unspecified atom stereocenters. The molecule has 1 aromatic heterocycles. The average molecular weight is 280 g/mol. The molecule has 21 heavy (non-hydrogen) atoms. The Morgan fingerprint density at radius 1 is 1.38 bits per heavy atom. The maximum Gasteiger partial charge on any atom is 0.128 e. The molecule has 1 N–H and O–H groups in total. The van der Waals surface area contributed by atoms with E-state index < -0.39 is 0 Å². The summed E-state index contributed by atoms with van der Waals surface area (Å²) in [6.45, 7) is 5.19. The predicted molar refractivity (Wildman–Crippen MR) is 85.2 cm³/mol. The Bertz CT molecular complexity index is 670. The zero-order valence-corrected chi connectivity index (χ0v) is 12.3. The fourth-order valence-electron chi connectivity index (χ4n) is 2.72. The molecule has 1 aliphatic rings. The number of aromatic nitrogens is 1. The van der Waals surface area contributed by atoms with E-state index in [1.165, 1.54) is 12.8 Å². The first kappa shape index (κ1) is 13.8. The van der Waals surface area contributed by atoms with Crippen LogP contribution < -0.4 is 5.32 Å². The summed E-state index contributed by atoms with van der Waals surface area (Å²) in [6.07, 6.45) is 2.67. The Morgan fingerprint density at radius 2 is 2.19 bits per heavy atom. The van der Waals surface area contributed by atoms with Crippen molar-refractivity contribution >= 4 is 16.7 Å². The van der Waals surface area contributed by atoms with Crippen LogP contribution in [0.1, 0.15) is 25.3 Å². The van der Waals surface area contributed by atoms with E-state index in [1.54, 1.807) is 0 Å². The third kappa shape index (κ3) is 3.14. The van der Waals surface area contributed by atoms with Crippen molar-refractivity contribution < 1.29 is 0 Å². The Morgan fingerprint density at radius 3 is 2.90 bits per heavy atom. The van der Waals surface area contributed by atoms with Gasteiger partial charge in [-0.2, -0.15) is 5.26 Å². The van der Waals surface area contributed by atoms with Gasteiger partial charge in [0.25, 0.3) is 0 Å². The number of rotatable bonds is 6. The molecule has 2 aromatic rings. The Balaban J connectivity index is 1.70. The van der Waals surface area contributed by atoms with Gasteiger partial charge in [0.1, 0.15) is 5.82 Å². The van der Waals surface area contributed by atoms with Crippen LogP contribution in [0.3, 0.4) is 0 Å². The first-order valence-corrected chi connectivity index (χ1v) is 7.59. The smallest absolute Gasteiger partial charge is 0.128 e. The topological polar surface area (TPSA) is 52.0 Å². The van der Waals surface area contributed by atoms with E-state index in [0.717, 1.165) is 42.4 Å². The van der Waals surface area contributed by atoms with Crippen LogP contribution in [0.25, 0.3) is 10.9 Å². The van der Waals surface area contributed by atoms with Crippen LogP contribution in [0.5, 0.6) is 0 Å². The molecule has 1 aromatic carbocycles. The van der Waals surface area contributed by atoms with Crippen molar-refractivity contribution in [1.29, 1.82) is 5.26 Å². The molecule has 0 saturated heterocycles. The number of anilines is 1. The number of nitrogens with one attached hydrogen (secondary N) is 1. The molecule has 0 aliphatic heterocycles. The van der Waals surface area contributed by atoms with Gasteiger partial charge in [-0.15, -0.1) is 0 Å². The van der Waals surface area contributed by atoms with E-state index in [0.29, 0.717) is 5.56 Å². The maximum atomic E-state index is 9.28. The average Bonchev–Trinajstić information content (AvgIpc) is 3.35. The monoisotopic (exact) mass is 280 g/mol. The summed E-state index contributed by atoms with van der Waals surface area (Å²) in [4.78, 5) is 7.09. The molecule has 1 heterocycles. The first-order valence-electron chi connectivity index (χ1n) is 7.59. The number of hydrogen-bond donors (Lipinski definition) is 1. The molecule has 1 saturated carbocycles. The highest BCUT2D eigenvalue weighted by Gasteiger charge is 2.27.